The molecule has 9 radical (unpaired) electrons. The van der Waals surface area contributed by atoms with Crippen molar-refractivity contribution in [1.82, 2.24) is 4.90 Å². The second-order valence-corrected chi connectivity index (χ2v) is 20.0. The molecule has 5 aromatic rings. The Morgan fingerprint density at radius 2 is 1.01 bits per heavy atom. The number of nitrogens with zero attached hydrogens (tertiary/aromatic N) is 3. The minimum atomic E-state index is -0.804. The summed E-state index contributed by atoms with van der Waals surface area (Å²) in [5, 5.41) is 2.30. The van der Waals surface area contributed by atoms with E-state index in [2.05, 4.69) is 129 Å². The van der Waals surface area contributed by atoms with Gasteiger partial charge in [-0.2, -0.15) is 0 Å². The summed E-state index contributed by atoms with van der Waals surface area (Å²) in [6.45, 7) is 32.2. The van der Waals surface area contributed by atoms with Crippen LogP contribution in [0.5, 0.6) is 23.0 Å². The van der Waals surface area contributed by atoms with Crippen LogP contribution in [-0.2, 0) is 39.1 Å². The van der Waals surface area contributed by atoms with Crippen LogP contribution in [0.1, 0.15) is 123 Å². The minimum Gasteiger partial charge on any atom is -0.548 e. The van der Waals surface area contributed by atoms with Gasteiger partial charge in [-0.15, -0.1) is 12.1 Å². The molecule has 4 atom stereocenters. The van der Waals surface area contributed by atoms with E-state index >= 15 is 0 Å². The summed E-state index contributed by atoms with van der Waals surface area (Å²) < 4.78 is 24.0. The Kier molecular flexibility index (Phi) is 17.3. The number of para-hydroxylation sites is 3. The molecule has 0 fully saturated rings. The molecule has 0 saturated carbocycles. The van der Waals surface area contributed by atoms with Crippen LogP contribution < -0.4 is 23.8 Å². The van der Waals surface area contributed by atoms with E-state index in [-0.39, 0.29) is 32.7 Å². The van der Waals surface area contributed by atoms with Crippen LogP contribution in [0.2, 0.25) is 0 Å². The third kappa shape index (κ3) is 11.5. The van der Waals surface area contributed by atoms with E-state index in [9.17, 15) is 0 Å². The monoisotopic (exact) mass is 1040 g/mol. The first-order valence-electron chi connectivity index (χ1n) is 24.5. The molecule has 365 valence electrons. The van der Waals surface area contributed by atoms with Gasteiger partial charge in [0.2, 0.25) is 0 Å². The van der Waals surface area contributed by atoms with Crippen LogP contribution >= 0.6 is 0 Å². The SMILES string of the molecule is [B]C1(C)Oc2c(CC)cccc2C(C)=C1C.[B]C1(C)Oc2c([C-]=NC=[CH-])cccc2C(C)=C1C.[B]C1(C)Oc2c(ccc3ccccc23)C(C)=C1C.[B]C1(C)Oc2c(cccc2N2C=CN(C)C2)C(C)=C1C.[Y]. The van der Waals surface area contributed by atoms with Gasteiger partial charge in [-0.25, -0.2) is 6.20 Å². The zero-order valence-electron chi connectivity index (χ0n) is 45.2. The Balaban J connectivity index is 0.000000158. The maximum absolute atomic E-state index is 6.29. The molecule has 5 aliphatic heterocycles. The summed E-state index contributed by atoms with van der Waals surface area (Å²) in [4.78, 5) is 8.10. The van der Waals surface area contributed by atoms with E-state index in [1.807, 2.05) is 92.6 Å². The van der Waals surface area contributed by atoms with Gasteiger partial charge in [-0.3, -0.25) is 0 Å². The maximum Gasteiger partial charge on any atom is 0.150 e. The van der Waals surface area contributed by atoms with E-state index in [0.717, 1.165) is 91.5 Å². The average Bonchev–Trinajstić information content (AvgIpc) is 3.78. The van der Waals surface area contributed by atoms with Crippen molar-refractivity contribution >= 4 is 76.4 Å². The molecule has 0 bridgehead atoms. The fraction of sp³-hybridized carbons (Fsp3) is 0.328. The van der Waals surface area contributed by atoms with Gasteiger partial charge in [0, 0.05) is 74.2 Å². The van der Waals surface area contributed by atoms with Gasteiger partial charge in [0.25, 0.3) is 0 Å². The van der Waals surface area contributed by atoms with Crippen molar-refractivity contribution in [3.63, 3.8) is 0 Å². The number of hydrogen-bond acceptors (Lipinski definition) is 7. The summed E-state index contributed by atoms with van der Waals surface area (Å²) in [7, 11) is 26.9. The predicted octanol–water partition coefficient (Wildman–Crippen LogP) is 13.2. The van der Waals surface area contributed by atoms with Crippen molar-refractivity contribution in [1.29, 1.82) is 0 Å². The third-order valence-corrected chi connectivity index (χ3v) is 14.9. The summed E-state index contributed by atoms with van der Waals surface area (Å²) in [6.07, 6.45) is 9.11. The molecule has 0 aromatic heterocycles. The van der Waals surface area contributed by atoms with E-state index in [1.54, 1.807) is 0 Å². The Morgan fingerprint density at radius 1 is 0.562 bits per heavy atom. The van der Waals surface area contributed by atoms with Gasteiger partial charge in [0.05, 0.1) is 40.1 Å². The van der Waals surface area contributed by atoms with Crippen molar-refractivity contribution < 1.29 is 51.7 Å². The Labute approximate surface area is 466 Å². The Morgan fingerprint density at radius 3 is 1.53 bits per heavy atom. The van der Waals surface area contributed by atoms with Gasteiger partial charge in [0.1, 0.15) is 42.9 Å². The number of ether oxygens (including phenoxy) is 4. The van der Waals surface area contributed by atoms with Gasteiger partial charge >= 0.3 is 0 Å². The average molecular weight is 1040 g/mol. The standard InChI is InChI=1S/C16H19BN2O.C16H15BO.C15H14BNO.C14H17BO.Y/c1-11-12(2)16(3,17)20-15-13(11)6-5-7-14(15)19-9-8-18(4)10-19;1-10-11(2)16(3,17)18-15-13(10)9-8-12-6-4-5-7-14(12)15;1-5-17-9-12-7-6-8-13-10(2)11(3)15(4,16)18-14(12)13;1-5-11-7-6-8-12-9(2)10(3)14(4,15)16-13(11)12;/h5-9H,10H2,1-4H3;4-9H,1-3H3;1,5-8H,2-4H3;6-8H,5H2,1-4H3;/q;;-2;;. The fourth-order valence-electron chi connectivity index (χ4n) is 9.35. The van der Waals surface area contributed by atoms with Gasteiger partial charge < -0.3 is 40.3 Å². The van der Waals surface area contributed by atoms with Crippen LogP contribution in [0, 0.1) is 6.58 Å². The molecule has 0 amide bonds. The molecule has 7 nitrogen and oxygen atoms in total. The molecular weight excluding hydrogens is 971 g/mol. The summed E-state index contributed by atoms with van der Waals surface area (Å²) in [5.74, 6) is 3.44. The number of aryl methyl sites for hydroxylation is 1. The number of hydrogen-bond donors (Lipinski definition) is 0. The normalized spacial score (nSPS) is 23.4. The molecule has 0 aliphatic carbocycles. The molecule has 73 heavy (non-hydrogen) atoms. The third-order valence-electron chi connectivity index (χ3n) is 14.9. The number of benzene rings is 5. The molecule has 4 unspecified atom stereocenters. The zero-order chi connectivity index (χ0) is 52.7. The van der Waals surface area contributed by atoms with Gasteiger partial charge in [-0.1, -0.05) is 85.3 Å². The van der Waals surface area contributed by atoms with E-state index < -0.39 is 22.0 Å². The van der Waals surface area contributed by atoms with Gasteiger partial charge in [0.15, 0.2) is 5.75 Å². The molecule has 5 aromatic carbocycles. The van der Waals surface area contributed by atoms with Crippen LogP contribution in [0.25, 0.3) is 33.1 Å². The smallest absolute Gasteiger partial charge is 0.150 e. The number of aliphatic imine (C=N–C) groups is 1. The second-order valence-electron chi connectivity index (χ2n) is 20.0. The van der Waals surface area contributed by atoms with Gasteiger partial charge in [-0.05, 0) is 163 Å². The number of fused-ring (bicyclic) bond motifs is 6. The molecule has 5 heterocycles. The largest absolute Gasteiger partial charge is 0.548 e. The van der Waals surface area contributed by atoms with E-state index in [4.69, 9.17) is 56.9 Å². The molecule has 10 rings (SSSR count). The van der Waals surface area contributed by atoms with E-state index in [0.29, 0.717) is 5.75 Å². The van der Waals surface area contributed by atoms with Crippen LogP contribution in [0.4, 0.5) is 5.69 Å². The van der Waals surface area contributed by atoms with Crippen LogP contribution in [0.3, 0.4) is 0 Å². The predicted molar refractivity (Wildman–Crippen MR) is 305 cm³/mol. The Hall–Kier alpha value is -5.37. The first-order valence-corrected chi connectivity index (χ1v) is 24.5. The second kappa shape index (κ2) is 22.2. The van der Waals surface area contributed by atoms with Crippen molar-refractivity contribution in [2.24, 2.45) is 4.99 Å². The molecule has 5 aliphatic rings. The number of anilines is 1. The van der Waals surface area contributed by atoms with Crippen LogP contribution in [-0.4, -0.2) is 78.2 Å². The molecule has 12 heteroatoms. The summed E-state index contributed by atoms with van der Waals surface area (Å²) in [6, 6.07) is 30.8. The van der Waals surface area contributed by atoms with Crippen molar-refractivity contribution in [2.45, 2.75) is 118 Å². The Bertz CT molecular complexity index is 3140. The molecule has 0 N–H and O–H groups in total. The minimum absolute atomic E-state index is 0. The van der Waals surface area contributed by atoms with Crippen molar-refractivity contribution in [2.75, 3.05) is 18.6 Å². The topological polar surface area (TPSA) is 55.8 Å². The molecule has 0 saturated heterocycles. The van der Waals surface area contributed by atoms with Crippen LogP contribution in [0.15, 0.2) is 137 Å². The number of allylic oxidation sites excluding steroid dienone is 4. The zero-order valence-corrected chi connectivity index (χ0v) is 48.1. The molecule has 0 spiro atoms. The fourth-order valence-corrected chi connectivity index (χ4v) is 9.35. The van der Waals surface area contributed by atoms with E-state index in [1.165, 1.54) is 39.4 Å². The van der Waals surface area contributed by atoms with Crippen molar-refractivity contribution in [3.05, 3.63) is 172 Å². The first-order chi connectivity index (χ1) is 33.8. The van der Waals surface area contributed by atoms with Crippen molar-refractivity contribution in [3.8, 4) is 23.0 Å². The maximum atomic E-state index is 6.29. The number of rotatable bonds is 4. The quantitative estimate of drug-likeness (QED) is 0.102. The summed E-state index contributed by atoms with van der Waals surface area (Å²) in [5.41, 5.74) is 13.6. The molecular formula is C61H65B4N3O4Y-2. The summed E-state index contributed by atoms with van der Waals surface area (Å²) >= 11 is 0. The first kappa shape index (κ1) is 56.9.